The number of Topliss-reactive ketones (excluding diaryl/α,β-unsaturated/α-hetero) is 2. The Bertz CT molecular complexity index is 3210. The number of carbonyl (C=O) groups is 6. The van der Waals surface area contributed by atoms with E-state index in [1.54, 1.807) is 54.7 Å². The molecule has 79 heavy (non-hydrogen) atoms. The standard InChI is InChI=1S/C63H71N5O9S2/c1-9-49(69)21-18-39(4)78-79-63(6,7)23-22-59(71)65-40(5)55(70)25-38(3)60(72)66-46-27-41(35-76-56-33-52-51(24-37(56)2)62(74)68-48(34-64-52)30-45-15-11-13-17-54(45)68)26-42(28-46)36-77-58-31-43-19-20-47-29-44-14-10-12-16-53(44)67(47)61(73)50(43)32-57(58)75-8/h10-17,24,26-28,31-34,38-40,47-48H,9,18-23,25,29-30,35-36H2,1-8H3,(H,65,71)(H,66,72)/t38-,39?,40-,47+,48-/m0/s1. The van der Waals surface area contributed by atoms with Crippen LogP contribution in [0.4, 0.5) is 22.7 Å². The minimum Gasteiger partial charge on any atom is -0.493 e. The lowest BCUT2D eigenvalue weighted by Crippen LogP contribution is -2.40. The molecule has 4 aliphatic heterocycles. The van der Waals surface area contributed by atoms with Crippen LogP contribution in [-0.2, 0) is 51.7 Å². The summed E-state index contributed by atoms with van der Waals surface area (Å²) in [5.41, 5.74) is 9.22. The number of nitrogens with zero attached hydrogens (tertiary/aromatic N) is 3. The average Bonchev–Trinajstić information content (AvgIpc) is 4.02. The second kappa shape index (κ2) is 24.6. The first kappa shape index (κ1) is 56.8. The summed E-state index contributed by atoms with van der Waals surface area (Å²) < 4.78 is 18.7. The van der Waals surface area contributed by atoms with Crippen LogP contribution < -0.4 is 34.6 Å². The number of amides is 4. The predicted molar refractivity (Wildman–Crippen MR) is 315 cm³/mol. The number of aliphatic imine (C=N–C) groups is 1. The summed E-state index contributed by atoms with van der Waals surface area (Å²) in [5, 5.41) is 6.18. The van der Waals surface area contributed by atoms with Gasteiger partial charge in [0.1, 0.15) is 24.7 Å². The Morgan fingerprint density at radius 3 is 2.16 bits per heavy atom. The van der Waals surface area contributed by atoms with E-state index in [2.05, 4.69) is 37.5 Å². The zero-order valence-corrected chi connectivity index (χ0v) is 48.1. The van der Waals surface area contributed by atoms with Crippen LogP contribution in [-0.4, -0.2) is 76.6 Å². The van der Waals surface area contributed by atoms with Gasteiger partial charge in [-0.1, -0.05) is 78.8 Å². The van der Waals surface area contributed by atoms with Crippen LogP contribution in [0.3, 0.4) is 0 Å². The largest absolute Gasteiger partial charge is 0.493 e. The number of nitrogens with one attached hydrogen (secondary N) is 2. The van der Waals surface area contributed by atoms with Gasteiger partial charge in [-0.3, -0.25) is 38.7 Å². The van der Waals surface area contributed by atoms with Crippen molar-refractivity contribution >= 4 is 85.7 Å². The SMILES string of the molecule is CCC(=O)CCC(C)SSC(C)(C)CCC(=O)N[C@@H](C)C(=O)C[C@H](C)C(=O)Nc1cc(COc2cc3c(cc2C)C(=O)N2c4ccccc4C[C@H]2C=N3)cc(COc2cc3c(cc2OC)C(=O)N2c4ccccc4C[C@H]2CC3)c1. The molecule has 0 bridgehead atoms. The zero-order chi connectivity index (χ0) is 56.1. The highest BCUT2D eigenvalue weighted by Crippen LogP contribution is 2.44. The quantitative estimate of drug-likeness (QED) is 0.0596. The Morgan fingerprint density at radius 1 is 0.785 bits per heavy atom. The number of aryl methyl sites for hydroxylation is 2. The third-order valence-electron chi connectivity index (χ3n) is 15.3. The summed E-state index contributed by atoms with van der Waals surface area (Å²) in [5.74, 6) is -0.0909. The maximum Gasteiger partial charge on any atom is 0.261 e. The lowest BCUT2D eigenvalue weighted by molar-refractivity contribution is -0.129. The number of carbonyl (C=O) groups excluding carboxylic acids is 6. The molecule has 0 spiro atoms. The van der Waals surface area contributed by atoms with Crippen molar-refractivity contribution in [3.8, 4) is 17.2 Å². The highest BCUT2D eigenvalue weighted by atomic mass is 33.1. The van der Waals surface area contributed by atoms with Crippen LogP contribution in [0.1, 0.15) is 141 Å². The molecular weight excluding hydrogens is 1030 g/mol. The Balaban J connectivity index is 0.881. The molecule has 4 amide bonds. The van der Waals surface area contributed by atoms with Gasteiger partial charge >= 0.3 is 0 Å². The van der Waals surface area contributed by atoms with Crippen molar-refractivity contribution in [1.82, 2.24) is 5.32 Å². The Labute approximate surface area is 471 Å². The number of ketones is 2. The minimum absolute atomic E-state index is 0.0597. The fourth-order valence-corrected chi connectivity index (χ4v) is 13.3. The minimum atomic E-state index is -0.792. The molecule has 0 radical (unpaired) electrons. The zero-order valence-electron chi connectivity index (χ0n) is 46.4. The summed E-state index contributed by atoms with van der Waals surface area (Å²) in [6.45, 7) is 13.6. The number of hydrogen-bond acceptors (Lipinski definition) is 12. The molecule has 0 saturated carbocycles. The summed E-state index contributed by atoms with van der Waals surface area (Å²) in [7, 11) is 4.99. The molecule has 0 aliphatic carbocycles. The predicted octanol–water partition coefficient (Wildman–Crippen LogP) is 12.1. The van der Waals surface area contributed by atoms with Crippen molar-refractivity contribution < 1.29 is 43.0 Å². The Morgan fingerprint density at radius 2 is 1.46 bits per heavy atom. The number of benzene rings is 5. The van der Waals surface area contributed by atoms with Crippen molar-refractivity contribution in [3.63, 3.8) is 0 Å². The van der Waals surface area contributed by atoms with E-state index in [0.717, 1.165) is 47.3 Å². The van der Waals surface area contributed by atoms with Crippen molar-refractivity contribution in [3.05, 3.63) is 136 Å². The van der Waals surface area contributed by atoms with Crippen LogP contribution in [0.15, 0.2) is 96.0 Å². The molecule has 9 rings (SSSR count). The first-order chi connectivity index (χ1) is 37.9. The molecule has 0 saturated heterocycles. The number of ether oxygens (including phenoxy) is 3. The number of para-hydroxylation sites is 2. The fraction of sp³-hybridized carbons (Fsp3) is 0.413. The fourth-order valence-electron chi connectivity index (χ4n) is 10.7. The summed E-state index contributed by atoms with van der Waals surface area (Å²) in [4.78, 5) is 89.1. The first-order valence-corrected chi connectivity index (χ1v) is 29.7. The van der Waals surface area contributed by atoms with Gasteiger partial charge in [0, 0.05) is 89.0 Å². The van der Waals surface area contributed by atoms with Crippen LogP contribution in [0, 0.1) is 12.8 Å². The van der Waals surface area contributed by atoms with Crippen molar-refractivity contribution in [2.24, 2.45) is 10.9 Å². The molecule has 5 aromatic carbocycles. The van der Waals surface area contributed by atoms with Gasteiger partial charge in [-0.15, -0.1) is 0 Å². The molecule has 4 heterocycles. The normalized spacial score (nSPS) is 17.2. The topological polar surface area (TPSA) is 173 Å². The lowest BCUT2D eigenvalue weighted by atomic mass is 9.99. The number of rotatable bonds is 23. The molecule has 414 valence electrons. The van der Waals surface area contributed by atoms with Gasteiger partial charge in [-0.25, -0.2) is 0 Å². The van der Waals surface area contributed by atoms with Gasteiger partial charge in [-0.2, -0.15) is 0 Å². The third kappa shape index (κ3) is 13.2. The molecule has 0 fully saturated rings. The smallest absolute Gasteiger partial charge is 0.261 e. The van der Waals surface area contributed by atoms with Gasteiger partial charge < -0.3 is 29.7 Å². The third-order valence-corrected chi connectivity index (χ3v) is 19.3. The number of fused-ring (bicyclic) bond motifs is 8. The van der Waals surface area contributed by atoms with E-state index in [9.17, 15) is 28.8 Å². The van der Waals surface area contributed by atoms with E-state index in [4.69, 9.17) is 19.2 Å². The van der Waals surface area contributed by atoms with E-state index in [1.807, 2.05) is 103 Å². The van der Waals surface area contributed by atoms with Gasteiger partial charge in [0.25, 0.3) is 11.8 Å². The molecule has 4 aliphatic rings. The van der Waals surface area contributed by atoms with Crippen molar-refractivity contribution in [1.29, 1.82) is 0 Å². The van der Waals surface area contributed by atoms with Crippen LogP contribution >= 0.6 is 21.6 Å². The molecule has 1 unspecified atom stereocenters. The molecule has 14 nitrogen and oxygen atoms in total. The van der Waals surface area contributed by atoms with Gasteiger partial charge in [0.05, 0.1) is 30.4 Å². The van der Waals surface area contributed by atoms with Gasteiger partial charge in [0.2, 0.25) is 11.8 Å². The number of anilines is 3. The maximum absolute atomic E-state index is 14.2. The molecule has 2 N–H and O–H groups in total. The Kier molecular flexibility index (Phi) is 17.7. The van der Waals surface area contributed by atoms with Crippen molar-refractivity contribution in [2.75, 3.05) is 22.2 Å². The number of hydrogen-bond donors (Lipinski definition) is 2. The second-order valence-electron chi connectivity index (χ2n) is 22.0. The number of methoxy groups -OCH3 is 1. The average molecular weight is 1110 g/mol. The second-order valence-corrected chi connectivity index (χ2v) is 25.3. The molecule has 5 atom stereocenters. The van der Waals surface area contributed by atoms with E-state index in [1.165, 1.54) is 5.56 Å². The van der Waals surface area contributed by atoms with Crippen LogP contribution in [0.5, 0.6) is 17.2 Å². The highest BCUT2D eigenvalue weighted by molar-refractivity contribution is 8.77. The summed E-state index contributed by atoms with van der Waals surface area (Å²) in [6.07, 6.45) is 7.49. The lowest BCUT2D eigenvalue weighted by Gasteiger charge is -2.25. The van der Waals surface area contributed by atoms with Crippen LogP contribution in [0.25, 0.3) is 0 Å². The maximum atomic E-state index is 14.2. The van der Waals surface area contributed by atoms with Gasteiger partial charge in [-0.05, 0) is 142 Å². The van der Waals surface area contributed by atoms with E-state index < -0.39 is 12.0 Å². The van der Waals surface area contributed by atoms with Crippen LogP contribution in [0.2, 0.25) is 0 Å². The molecule has 0 aromatic heterocycles. The molecule has 5 aromatic rings. The first-order valence-electron chi connectivity index (χ1n) is 27.5. The monoisotopic (exact) mass is 1110 g/mol. The molecule has 16 heteroatoms. The summed E-state index contributed by atoms with van der Waals surface area (Å²) >= 11 is 0. The van der Waals surface area contributed by atoms with E-state index >= 15 is 0 Å². The van der Waals surface area contributed by atoms with E-state index in [-0.39, 0.29) is 78.1 Å². The Hall–Kier alpha value is -6.91. The highest BCUT2D eigenvalue weighted by Gasteiger charge is 2.39. The van der Waals surface area contributed by atoms with Crippen molar-refractivity contribution in [2.45, 2.75) is 154 Å². The van der Waals surface area contributed by atoms with Gasteiger partial charge in [0.15, 0.2) is 17.3 Å². The molecular formula is C63H71N5O9S2. The van der Waals surface area contributed by atoms with E-state index in [0.29, 0.717) is 88.2 Å². The summed E-state index contributed by atoms with van der Waals surface area (Å²) in [6, 6.07) is 27.9.